The lowest BCUT2D eigenvalue weighted by Crippen LogP contribution is -2.02. The van der Waals surface area contributed by atoms with E-state index in [2.05, 4.69) is 6.92 Å². The first-order valence-corrected chi connectivity index (χ1v) is 5.60. The topological polar surface area (TPSA) is 26.3 Å². The molecule has 0 spiro atoms. The molecule has 0 bridgehead atoms. The Morgan fingerprint density at radius 1 is 1.21 bits per heavy atom. The molecule has 2 nitrogen and oxygen atoms in total. The summed E-state index contributed by atoms with van der Waals surface area (Å²) in [6.45, 7) is 6.68. The molecule has 0 aliphatic heterocycles. The molecule has 0 radical (unpaired) electrons. The lowest BCUT2D eigenvalue weighted by atomic mass is 10.0. The van der Waals surface area contributed by atoms with Gasteiger partial charge in [0, 0.05) is 12.0 Å². The summed E-state index contributed by atoms with van der Waals surface area (Å²) in [5.74, 6) is 0.245. The van der Waals surface area contributed by atoms with Gasteiger partial charge < -0.3 is 4.74 Å². The molecule has 0 atom stereocenters. The average Bonchev–Trinajstić information content (AvgIpc) is 2.19. The smallest absolute Gasteiger partial charge is 0.161 e. The predicted octanol–water partition coefficient (Wildman–Crippen LogP) is 3.47. The summed E-state index contributed by atoms with van der Waals surface area (Å²) in [7, 11) is 0. The lowest BCUT2D eigenvalue weighted by molar-refractivity contribution is -0.115. The van der Waals surface area contributed by atoms with Crippen LogP contribution in [-0.2, 0) is 9.53 Å². The molecule has 0 aromatic heterocycles. The minimum absolute atomic E-state index is 0.245. The highest BCUT2D eigenvalue weighted by atomic mass is 16.5. The fourth-order valence-electron chi connectivity index (χ4n) is 1.23. The first-order chi connectivity index (χ1) is 6.76. The first kappa shape index (κ1) is 13.2. The highest BCUT2D eigenvalue weighted by Gasteiger charge is 2.06. The molecule has 0 aromatic rings. The predicted molar refractivity (Wildman–Crippen MR) is 59.1 cm³/mol. The highest BCUT2D eigenvalue weighted by molar-refractivity contribution is 5.94. The van der Waals surface area contributed by atoms with Crippen molar-refractivity contribution in [1.29, 1.82) is 0 Å². The minimum Gasteiger partial charge on any atom is -0.501 e. The van der Waals surface area contributed by atoms with Crippen molar-refractivity contribution in [3.8, 4) is 0 Å². The van der Waals surface area contributed by atoms with Crippen LogP contribution in [0.2, 0.25) is 0 Å². The van der Waals surface area contributed by atoms with Crippen molar-refractivity contribution >= 4 is 5.78 Å². The van der Waals surface area contributed by atoms with Crippen LogP contribution in [-0.4, -0.2) is 12.4 Å². The van der Waals surface area contributed by atoms with Gasteiger partial charge in [-0.1, -0.05) is 26.7 Å². The highest BCUT2D eigenvalue weighted by Crippen LogP contribution is 2.09. The molecule has 2 heteroatoms. The van der Waals surface area contributed by atoms with Gasteiger partial charge in [-0.3, -0.25) is 4.79 Å². The molecule has 0 N–H and O–H groups in total. The number of hydrogen-bond acceptors (Lipinski definition) is 2. The molecule has 0 aliphatic rings. The van der Waals surface area contributed by atoms with Gasteiger partial charge in [0.2, 0.25) is 0 Å². The molecular formula is C12H22O2. The number of carbonyl (C=O) groups is 1. The number of ether oxygens (including phenoxy) is 1. The van der Waals surface area contributed by atoms with Crippen LogP contribution in [0.5, 0.6) is 0 Å². The third kappa shape index (κ3) is 5.79. The van der Waals surface area contributed by atoms with E-state index in [0.29, 0.717) is 13.0 Å². The summed E-state index contributed by atoms with van der Waals surface area (Å²) in [5, 5.41) is 0. The van der Waals surface area contributed by atoms with E-state index < -0.39 is 0 Å². The third-order valence-corrected chi connectivity index (χ3v) is 2.14. The number of Topliss-reactive ketones (excluding diaryl/α,β-unsaturated/α-hetero) is 1. The Hall–Kier alpha value is -0.790. The average molecular weight is 198 g/mol. The van der Waals surface area contributed by atoms with Gasteiger partial charge in [0.05, 0.1) is 12.9 Å². The minimum atomic E-state index is 0.245. The maximum absolute atomic E-state index is 11.6. The van der Waals surface area contributed by atoms with E-state index in [-0.39, 0.29) is 5.78 Å². The van der Waals surface area contributed by atoms with Gasteiger partial charge in [0.15, 0.2) is 5.78 Å². The van der Waals surface area contributed by atoms with Crippen LogP contribution < -0.4 is 0 Å². The largest absolute Gasteiger partial charge is 0.501 e. The van der Waals surface area contributed by atoms with Crippen molar-refractivity contribution < 1.29 is 9.53 Å². The Labute approximate surface area is 87.3 Å². The number of unbranched alkanes of at least 4 members (excludes halogenated alkanes) is 2. The zero-order valence-electron chi connectivity index (χ0n) is 9.64. The fourth-order valence-corrected chi connectivity index (χ4v) is 1.23. The zero-order chi connectivity index (χ0) is 10.8. The van der Waals surface area contributed by atoms with Crippen LogP contribution in [0, 0.1) is 0 Å². The number of hydrogen-bond donors (Lipinski definition) is 0. The third-order valence-electron chi connectivity index (χ3n) is 2.14. The number of rotatable bonds is 8. The van der Waals surface area contributed by atoms with Crippen LogP contribution in [0.1, 0.15) is 52.9 Å². The number of carbonyl (C=O) groups excluding carboxylic acids is 1. The van der Waals surface area contributed by atoms with Gasteiger partial charge in [0.1, 0.15) is 0 Å². The number of allylic oxidation sites excluding steroid dienone is 1. The summed E-state index contributed by atoms with van der Waals surface area (Å²) < 4.78 is 5.13. The van der Waals surface area contributed by atoms with Crippen LogP contribution in [0.4, 0.5) is 0 Å². The molecule has 0 aromatic carbocycles. The van der Waals surface area contributed by atoms with E-state index in [0.717, 1.165) is 31.3 Å². The van der Waals surface area contributed by atoms with Crippen LogP contribution in [0.25, 0.3) is 0 Å². The van der Waals surface area contributed by atoms with Gasteiger partial charge in [-0.2, -0.15) is 0 Å². The molecule has 0 unspecified atom stereocenters. The lowest BCUT2D eigenvalue weighted by Gasteiger charge is -2.03. The van der Waals surface area contributed by atoms with Gasteiger partial charge in [-0.15, -0.1) is 0 Å². The first-order valence-electron chi connectivity index (χ1n) is 5.60. The van der Waals surface area contributed by atoms with Crippen molar-refractivity contribution in [2.75, 3.05) is 6.61 Å². The standard InChI is InChI=1S/C12H22O2/c1-4-7-8-9-12(13)11(5-2)10-14-6-3/h10H,4-9H2,1-3H3/b11-10+. The van der Waals surface area contributed by atoms with Gasteiger partial charge in [0.25, 0.3) is 0 Å². The molecule has 0 saturated heterocycles. The quantitative estimate of drug-likeness (QED) is 0.339. The second-order valence-electron chi connectivity index (χ2n) is 3.33. The van der Waals surface area contributed by atoms with E-state index in [1.165, 1.54) is 0 Å². The number of ketones is 1. The molecule has 82 valence electrons. The van der Waals surface area contributed by atoms with Crippen molar-refractivity contribution in [3.63, 3.8) is 0 Å². The summed E-state index contributed by atoms with van der Waals surface area (Å²) >= 11 is 0. The van der Waals surface area contributed by atoms with Crippen LogP contribution in [0.3, 0.4) is 0 Å². The summed E-state index contributed by atoms with van der Waals surface area (Å²) in [4.78, 5) is 11.6. The van der Waals surface area contributed by atoms with E-state index in [1.807, 2.05) is 13.8 Å². The molecule has 14 heavy (non-hydrogen) atoms. The fraction of sp³-hybridized carbons (Fsp3) is 0.750. The molecule has 0 fully saturated rings. The maximum atomic E-state index is 11.6. The SMILES string of the molecule is CCCCCC(=O)/C(=C/OCC)CC. The van der Waals surface area contributed by atoms with E-state index >= 15 is 0 Å². The zero-order valence-corrected chi connectivity index (χ0v) is 9.64. The molecule has 0 saturated carbocycles. The second-order valence-corrected chi connectivity index (χ2v) is 3.33. The van der Waals surface area contributed by atoms with E-state index in [9.17, 15) is 4.79 Å². The van der Waals surface area contributed by atoms with Gasteiger partial charge >= 0.3 is 0 Å². The molecule has 0 amide bonds. The Balaban J connectivity index is 3.91. The monoisotopic (exact) mass is 198 g/mol. The molecule has 0 aliphatic carbocycles. The van der Waals surface area contributed by atoms with Crippen molar-refractivity contribution in [2.45, 2.75) is 52.9 Å². The van der Waals surface area contributed by atoms with E-state index in [1.54, 1.807) is 6.26 Å². The summed E-state index contributed by atoms with van der Waals surface area (Å²) in [5.41, 5.74) is 0.822. The normalized spacial score (nSPS) is 11.5. The summed E-state index contributed by atoms with van der Waals surface area (Å²) in [6.07, 6.45) is 6.35. The van der Waals surface area contributed by atoms with Gasteiger partial charge in [-0.25, -0.2) is 0 Å². The molecular weight excluding hydrogens is 176 g/mol. The molecule has 0 rings (SSSR count). The van der Waals surface area contributed by atoms with Crippen molar-refractivity contribution in [2.24, 2.45) is 0 Å². The Kier molecular flexibility index (Phi) is 8.30. The van der Waals surface area contributed by atoms with Crippen LogP contribution in [0.15, 0.2) is 11.8 Å². The summed E-state index contributed by atoms with van der Waals surface area (Å²) in [6, 6.07) is 0. The van der Waals surface area contributed by atoms with Crippen molar-refractivity contribution in [1.82, 2.24) is 0 Å². The second kappa shape index (κ2) is 8.79. The Morgan fingerprint density at radius 3 is 2.43 bits per heavy atom. The van der Waals surface area contributed by atoms with Crippen molar-refractivity contribution in [3.05, 3.63) is 11.8 Å². The Morgan fingerprint density at radius 2 is 1.93 bits per heavy atom. The molecule has 0 heterocycles. The maximum Gasteiger partial charge on any atom is 0.161 e. The van der Waals surface area contributed by atoms with Crippen LogP contribution >= 0.6 is 0 Å². The van der Waals surface area contributed by atoms with E-state index in [4.69, 9.17) is 4.74 Å². The van der Waals surface area contributed by atoms with Gasteiger partial charge in [-0.05, 0) is 19.8 Å². The Bertz CT molecular complexity index is 183.